The van der Waals surface area contributed by atoms with Gasteiger partial charge < -0.3 is 4.98 Å². The smallest absolute Gasteiger partial charge is 0.305 e. The van der Waals surface area contributed by atoms with Gasteiger partial charge in [-0.2, -0.15) is 4.98 Å². The van der Waals surface area contributed by atoms with Crippen LogP contribution in [-0.2, 0) is 0 Å². The lowest BCUT2D eigenvalue weighted by molar-refractivity contribution is 1.11. The zero-order chi connectivity index (χ0) is 18.5. The number of hydrogen-bond acceptors (Lipinski definition) is 2. The van der Waals surface area contributed by atoms with Gasteiger partial charge >= 0.3 is 5.69 Å². The molecule has 0 spiro atoms. The molecule has 0 saturated carbocycles. The van der Waals surface area contributed by atoms with Gasteiger partial charge in [0.1, 0.15) is 0 Å². The second-order valence-electron chi connectivity index (χ2n) is 6.19. The molecule has 0 atom stereocenters. The van der Waals surface area contributed by atoms with Gasteiger partial charge in [0.15, 0.2) is 0 Å². The molecule has 1 heterocycles. The van der Waals surface area contributed by atoms with Gasteiger partial charge in [0.05, 0.1) is 11.2 Å². The van der Waals surface area contributed by atoms with E-state index in [0.717, 1.165) is 27.6 Å². The van der Waals surface area contributed by atoms with E-state index in [1.54, 1.807) is 0 Å². The average molecular weight is 350 g/mol. The summed E-state index contributed by atoms with van der Waals surface area (Å²) < 4.78 is 0. The van der Waals surface area contributed by atoms with E-state index in [4.69, 9.17) is 0 Å². The van der Waals surface area contributed by atoms with Crippen molar-refractivity contribution in [2.24, 2.45) is 0 Å². The van der Waals surface area contributed by atoms with E-state index < -0.39 is 0 Å². The number of fused-ring (bicyclic) bond motifs is 1. The first-order valence-electron chi connectivity index (χ1n) is 8.79. The molecule has 0 aliphatic heterocycles. The highest BCUT2D eigenvalue weighted by atomic mass is 16.1. The molecule has 0 fully saturated rings. The lowest BCUT2D eigenvalue weighted by atomic mass is 10.0. The van der Waals surface area contributed by atoms with E-state index in [2.05, 4.69) is 34.3 Å². The highest BCUT2D eigenvalue weighted by molar-refractivity contribution is 5.96. The van der Waals surface area contributed by atoms with Gasteiger partial charge in [-0.15, -0.1) is 0 Å². The van der Waals surface area contributed by atoms with Crippen molar-refractivity contribution in [3.63, 3.8) is 0 Å². The molecule has 0 bridgehead atoms. The molecule has 3 nitrogen and oxygen atoms in total. The van der Waals surface area contributed by atoms with Gasteiger partial charge in [-0.05, 0) is 28.8 Å². The molecule has 0 aliphatic rings. The van der Waals surface area contributed by atoms with Gasteiger partial charge in [-0.3, -0.25) is 0 Å². The summed E-state index contributed by atoms with van der Waals surface area (Å²) in [5, 5.41) is 0.927. The molecule has 1 N–H and O–H groups in total. The normalized spacial score (nSPS) is 11.6. The molecular formula is C24H18N2O. The van der Waals surface area contributed by atoms with Crippen molar-refractivity contribution in [2.45, 2.75) is 0 Å². The predicted octanol–water partition coefficient (Wildman–Crippen LogP) is 5.26. The Morgan fingerprint density at radius 2 is 1.30 bits per heavy atom. The van der Waals surface area contributed by atoms with E-state index in [1.807, 2.05) is 78.9 Å². The topological polar surface area (TPSA) is 45.8 Å². The summed E-state index contributed by atoms with van der Waals surface area (Å²) in [7, 11) is 0. The number of rotatable bonds is 4. The Balaban J connectivity index is 1.82. The number of nitrogens with one attached hydrogen (secondary N) is 1. The van der Waals surface area contributed by atoms with Gasteiger partial charge in [0, 0.05) is 5.39 Å². The fourth-order valence-corrected chi connectivity index (χ4v) is 3.02. The number of aromatic nitrogens is 2. The minimum atomic E-state index is -0.348. The lowest BCUT2D eigenvalue weighted by Gasteiger charge is -2.05. The molecule has 0 unspecified atom stereocenters. The van der Waals surface area contributed by atoms with E-state index in [1.165, 1.54) is 0 Å². The third-order valence-electron chi connectivity index (χ3n) is 4.30. The van der Waals surface area contributed by atoms with E-state index >= 15 is 0 Å². The number of hydrogen-bond donors (Lipinski definition) is 1. The van der Waals surface area contributed by atoms with Crippen molar-refractivity contribution in [1.29, 1.82) is 0 Å². The minimum Gasteiger partial charge on any atom is -0.305 e. The first kappa shape index (κ1) is 16.7. The molecule has 27 heavy (non-hydrogen) atoms. The second kappa shape index (κ2) is 7.67. The molecule has 1 aromatic heterocycles. The summed E-state index contributed by atoms with van der Waals surface area (Å²) in [5.74, 6) is 0. The largest absolute Gasteiger partial charge is 0.345 e. The van der Waals surface area contributed by atoms with Crippen LogP contribution in [0.4, 0.5) is 0 Å². The summed E-state index contributed by atoms with van der Waals surface area (Å²) in [6, 6.07) is 26.0. The van der Waals surface area contributed by atoms with Crippen LogP contribution in [0.15, 0.2) is 83.7 Å². The Bertz CT molecular complexity index is 1170. The van der Waals surface area contributed by atoms with Crippen molar-refractivity contribution in [3.05, 3.63) is 112 Å². The van der Waals surface area contributed by atoms with Crippen LogP contribution in [0.25, 0.3) is 35.2 Å². The Morgan fingerprint density at radius 3 is 1.96 bits per heavy atom. The Labute approximate surface area is 157 Å². The molecule has 4 rings (SSSR count). The fourth-order valence-electron chi connectivity index (χ4n) is 3.02. The van der Waals surface area contributed by atoms with Crippen LogP contribution in [0.3, 0.4) is 0 Å². The van der Waals surface area contributed by atoms with Crippen molar-refractivity contribution in [2.75, 3.05) is 0 Å². The van der Waals surface area contributed by atoms with Gasteiger partial charge in [-0.1, -0.05) is 91.0 Å². The van der Waals surface area contributed by atoms with Crippen LogP contribution in [0.2, 0.25) is 0 Å². The van der Waals surface area contributed by atoms with Crippen molar-refractivity contribution < 1.29 is 0 Å². The van der Waals surface area contributed by atoms with Gasteiger partial charge in [0.25, 0.3) is 0 Å². The monoisotopic (exact) mass is 350 g/mol. The van der Waals surface area contributed by atoms with Crippen LogP contribution < -0.4 is 5.69 Å². The van der Waals surface area contributed by atoms with Gasteiger partial charge in [0.2, 0.25) is 0 Å². The van der Waals surface area contributed by atoms with Crippen molar-refractivity contribution in [1.82, 2.24) is 9.97 Å². The third-order valence-corrected chi connectivity index (χ3v) is 4.30. The maximum Gasteiger partial charge on any atom is 0.345 e. The van der Waals surface area contributed by atoms with Crippen LogP contribution in [-0.4, -0.2) is 9.97 Å². The van der Waals surface area contributed by atoms with Crippen LogP contribution >= 0.6 is 0 Å². The molecule has 4 aromatic rings. The first-order valence-corrected chi connectivity index (χ1v) is 8.79. The zero-order valence-corrected chi connectivity index (χ0v) is 14.7. The van der Waals surface area contributed by atoms with Crippen LogP contribution in [0.5, 0.6) is 0 Å². The summed E-state index contributed by atoms with van der Waals surface area (Å²) in [5.41, 5.74) is 4.27. The molecule has 130 valence electrons. The average Bonchev–Trinajstić information content (AvgIpc) is 2.71. The van der Waals surface area contributed by atoms with Crippen LogP contribution in [0.1, 0.15) is 22.4 Å². The van der Waals surface area contributed by atoms with Crippen molar-refractivity contribution in [3.8, 4) is 0 Å². The SMILES string of the molecule is O=c1nc(C=Cc2ccccc2)c2c(C=Cc3ccccc3)cccc2[nH]1. The Hall–Kier alpha value is -3.72. The minimum absolute atomic E-state index is 0.348. The van der Waals surface area contributed by atoms with E-state index in [-0.39, 0.29) is 5.69 Å². The zero-order valence-electron chi connectivity index (χ0n) is 14.7. The fraction of sp³-hybridized carbons (Fsp3) is 0. The first-order chi connectivity index (χ1) is 13.3. The summed E-state index contributed by atoms with van der Waals surface area (Å²) in [6.07, 6.45) is 7.98. The standard InChI is InChI=1S/C24H18N2O/c27-24-25-21-13-7-12-20(16-14-18-8-3-1-4-9-18)23(21)22(26-24)17-15-19-10-5-2-6-11-19/h1-17H,(H,25,26,27). The summed E-state index contributed by atoms with van der Waals surface area (Å²) in [4.78, 5) is 19.0. The maximum absolute atomic E-state index is 12.0. The molecule has 0 radical (unpaired) electrons. The quantitative estimate of drug-likeness (QED) is 0.510. The number of nitrogens with zero attached hydrogens (tertiary/aromatic N) is 1. The number of aromatic amines is 1. The number of benzene rings is 3. The third kappa shape index (κ3) is 3.93. The second-order valence-corrected chi connectivity index (χ2v) is 6.19. The summed E-state index contributed by atoms with van der Waals surface area (Å²) >= 11 is 0. The molecular weight excluding hydrogens is 332 g/mol. The van der Waals surface area contributed by atoms with Gasteiger partial charge in [-0.25, -0.2) is 4.79 Å². The molecule has 0 saturated heterocycles. The van der Waals surface area contributed by atoms with Crippen molar-refractivity contribution >= 4 is 35.2 Å². The highest BCUT2D eigenvalue weighted by Gasteiger charge is 2.06. The molecule has 3 heteroatoms. The summed E-state index contributed by atoms with van der Waals surface area (Å²) in [6.45, 7) is 0. The highest BCUT2D eigenvalue weighted by Crippen LogP contribution is 2.23. The van der Waals surface area contributed by atoms with E-state index in [9.17, 15) is 4.79 Å². The van der Waals surface area contributed by atoms with Crippen LogP contribution in [0, 0.1) is 0 Å². The Kier molecular flexibility index (Phi) is 4.75. The number of H-pyrrole nitrogens is 1. The lowest BCUT2D eigenvalue weighted by Crippen LogP contribution is -2.11. The molecule has 0 amide bonds. The molecule has 3 aromatic carbocycles. The predicted molar refractivity (Wildman–Crippen MR) is 113 cm³/mol. The Morgan fingerprint density at radius 1 is 0.667 bits per heavy atom. The maximum atomic E-state index is 12.0. The van der Waals surface area contributed by atoms with E-state index in [0.29, 0.717) is 5.69 Å². The molecule has 0 aliphatic carbocycles.